The summed E-state index contributed by atoms with van der Waals surface area (Å²) in [6, 6.07) is 13.4. The summed E-state index contributed by atoms with van der Waals surface area (Å²) in [5, 5.41) is 9.13. The third kappa shape index (κ3) is 6.20. The third-order valence-corrected chi connectivity index (χ3v) is 7.02. The van der Waals surface area contributed by atoms with Gasteiger partial charge >= 0.3 is 0 Å². The summed E-state index contributed by atoms with van der Waals surface area (Å²) in [6.45, 7) is 5.85. The van der Waals surface area contributed by atoms with E-state index in [-0.39, 0.29) is 12.5 Å². The Bertz CT molecular complexity index is 1110. The van der Waals surface area contributed by atoms with Gasteiger partial charge in [0.15, 0.2) is 0 Å². The van der Waals surface area contributed by atoms with Crippen LogP contribution in [0.4, 0.5) is 5.69 Å². The van der Waals surface area contributed by atoms with Crippen molar-refractivity contribution < 1.29 is 14.1 Å². The van der Waals surface area contributed by atoms with Gasteiger partial charge in [-0.1, -0.05) is 38.1 Å². The standard InChI is InChI=1S/C26H34N4O3S/c1-4-11-30(12-5-2)26(32)22-15-21-10-9-20(17-24(21)28-25(27)18-22)19-7-6-8-23(16-19)34(33)29(3)13-14-31/h6-10,15-17,31H,4-5,11-14,18H2,1-3H3,(H2,27,28). The van der Waals surface area contributed by atoms with Gasteiger partial charge in [0.1, 0.15) is 16.8 Å². The molecule has 2 aromatic rings. The molecule has 0 aliphatic carbocycles. The zero-order valence-electron chi connectivity index (χ0n) is 20.2. The van der Waals surface area contributed by atoms with Gasteiger partial charge in [0.05, 0.1) is 17.2 Å². The minimum absolute atomic E-state index is 0.0148. The van der Waals surface area contributed by atoms with E-state index in [1.807, 2.05) is 53.4 Å². The summed E-state index contributed by atoms with van der Waals surface area (Å²) in [5.41, 5.74) is 10.2. The lowest BCUT2D eigenvalue weighted by atomic mass is 10.0. The SMILES string of the molecule is CCCN(CCC)C(=O)C1=Cc2ccc(-c3cccc(S(=O)N(C)CCO)c3)cc2N=C(N)C1. The van der Waals surface area contributed by atoms with Crippen LogP contribution in [0, 0.1) is 0 Å². The van der Waals surface area contributed by atoms with Crippen molar-refractivity contribution in [2.45, 2.75) is 38.0 Å². The van der Waals surface area contributed by atoms with Gasteiger partial charge in [0.2, 0.25) is 5.91 Å². The van der Waals surface area contributed by atoms with Crippen molar-refractivity contribution in [2.24, 2.45) is 10.7 Å². The molecule has 1 aliphatic heterocycles. The normalized spacial score (nSPS) is 14.1. The van der Waals surface area contributed by atoms with Crippen LogP contribution in [0.25, 0.3) is 17.2 Å². The minimum Gasteiger partial charge on any atom is -0.395 e. The van der Waals surface area contributed by atoms with Crippen LogP contribution in [0.2, 0.25) is 0 Å². The molecule has 0 fully saturated rings. The highest BCUT2D eigenvalue weighted by molar-refractivity contribution is 7.82. The summed E-state index contributed by atoms with van der Waals surface area (Å²) in [6.07, 6.45) is 4.03. The number of hydrogen-bond donors (Lipinski definition) is 2. The number of hydrogen-bond acceptors (Lipinski definition) is 5. The molecule has 0 saturated carbocycles. The van der Waals surface area contributed by atoms with E-state index in [1.54, 1.807) is 11.4 Å². The molecule has 2 aromatic carbocycles. The highest BCUT2D eigenvalue weighted by atomic mass is 32.2. The van der Waals surface area contributed by atoms with Crippen LogP contribution in [0.5, 0.6) is 0 Å². The number of carbonyl (C=O) groups is 1. The Balaban J connectivity index is 1.94. The van der Waals surface area contributed by atoms with Crippen LogP contribution in [0.15, 0.2) is 57.9 Å². The molecule has 3 rings (SSSR count). The Morgan fingerprint density at radius 1 is 1.09 bits per heavy atom. The fourth-order valence-electron chi connectivity index (χ4n) is 3.95. The van der Waals surface area contributed by atoms with E-state index >= 15 is 0 Å². The van der Waals surface area contributed by atoms with E-state index in [1.165, 1.54) is 0 Å². The zero-order chi connectivity index (χ0) is 24.7. The Labute approximate surface area is 204 Å². The lowest BCUT2D eigenvalue weighted by molar-refractivity contribution is -0.127. The van der Waals surface area contributed by atoms with Gasteiger partial charge in [-0.05, 0) is 48.2 Å². The molecular weight excluding hydrogens is 448 g/mol. The largest absolute Gasteiger partial charge is 0.395 e. The zero-order valence-corrected chi connectivity index (χ0v) is 21.0. The number of aliphatic hydroxyl groups excluding tert-OH is 1. The number of likely N-dealkylation sites (N-methyl/N-ethyl adjacent to an activating group) is 1. The fourth-order valence-corrected chi connectivity index (χ4v) is 4.98. The second-order valence-electron chi connectivity index (χ2n) is 8.37. The van der Waals surface area contributed by atoms with Gasteiger partial charge in [-0.15, -0.1) is 0 Å². The van der Waals surface area contributed by atoms with Gasteiger partial charge in [0.25, 0.3) is 0 Å². The molecule has 3 N–H and O–H groups in total. The number of aliphatic imine (C=N–C) groups is 1. The molecule has 1 heterocycles. The molecule has 1 atom stereocenters. The van der Waals surface area contributed by atoms with Crippen molar-refractivity contribution in [1.29, 1.82) is 0 Å². The topological polar surface area (TPSA) is 99.2 Å². The first-order chi connectivity index (χ1) is 16.4. The number of fused-ring (bicyclic) bond motifs is 1. The highest BCUT2D eigenvalue weighted by Crippen LogP contribution is 2.32. The maximum Gasteiger partial charge on any atom is 0.250 e. The van der Waals surface area contributed by atoms with E-state index in [0.717, 1.165) is 42.6 Å². The molecule has 0 saturated heterocycles. The monoisotopic (exact) mass is 482 g/mol. The average Bonchev–Trinajstić information content (AvgIpc) is 3.00. The van der Waals surface area contributed by atoms with Crippen molar-refractivity contribution in [1.82, 2.24) is 9.21 Å². The number of amidine groups is 1. The maximum atomic E-state index is 13.2. The molecule has 34 heavy (non-hydrogen) atoms. The molecule has 0 bridgehead atoms. The smallest absolute Gasteiger partial charge is 0.250 e. The molecular formula is C26H34N4O3S. The van der Waals surface area contributed by atoms with Crippen molar-refractivity contribution in [3.05, 3.63) is 53.6 Å². The summed E-state index contributed by atoms with van der Waals surface area (Å²) in [4.78, 5) is 20.3. The lowest BCUT2D eigenvalue weighted by Crippen LogP contribution is -2.34. The summed E-state index contributed by atoms with van der Waals surface area (Å²) in [5.74, 6) is 0.421. The molecule has 0 radical (unpaired) electrons. The van der Waals surface area contributed by atoms with Gasteiger partial charge in [0, 0.05) is 44.2 Å². The van der Waals surface area contributed by atoms with Crippen molar-refractivity contribution >= 4 is 34.5 Å². The summed E-state index contributed by atoms with van der Waals surface area (Å²) in [7, 11) is 0.348. The molecule has 7 nitrogen and oxygen atoms in total. The van der Waals surface area contributed by atoms with Crippen LogP contribution in [0.1, 0.15) is 38.7 Å². The van der Waals surface area contributed by atoms with Gasteiger partial charge in [-0.25, -0.2) is 13.5 Å². The van der Waals surface area contributed by atoms with Crippen LogP contribution in [-0.2, 0) is 15.8 Å². The van der Waals surface area contributed by atoms with E-state index in [4.69, 9.17) is 10.8 Å². The van der Waals surface area contributed by atoms with E-state index < -0.39 is 11.0 Å². The lowest BCUT2D eigenvalue weighted by Gasteiger charge is -2.22. The maximum absolute atomic E-state index is 13.2. The molecule has 0 spiro atoms. The van der Waals surface area contributed by atoms with Crippen molar-refractivity contribution in [3.8, 4) is 11.1 Å². The first kappa shape index (κ1) is 25.8. The Kier molecular flexibility index (Phi) is 9.15. The molecule has 8 heteroatoms. The third-order valence-electron chi connectivity index (χ3n) is 5.61. The first-order valence-electron chi connectivity index (χ1n) is 11.7. The first-order valence-corrected chi connectivity index (χ1v) is 12.8. The van der Waals surface area contributed by atoms with E-state index in [0.29, 0.717) is 35.0 Å². The number of nitrogens with zero attached hydrogens (tertiary/aromatic N) is 3. The van der Waals surface area contributed by atoms with Crippen LogP contribution in [-0.4, -0.2) is 63.6 Å². The van der Waals surface area contributed by atoms with Crippen LogP contribution >= 0.6 is 0 Å². The van der Waals surface area contributed by atoms with Gasteiger partial charge in [-0.2, -0.15) is 0 Å². The summed E-state index contributed by atoms with van der Waals surface area (Å²) >= 11 is 0. The molecule has 1 amide bonds. The predicted molar refractivity (Wildman–Crippen MR) is 139 cm³/mol. The Morgan fingerprint density at radius 2 is 1.79 bits per heavy atom. The highest BCUT2D eigenvalue weighted by Gasteiger charge is 2.21. The molecule has 0 aromatic heterocycles. The van der Waals surface area contributed by atoms with Crippen LogP contribution < -0.4 is 5.73 Å². The quantitative estimate of drug-likeness (QED) is 0.539. The van der Waals surface area contributed by atoms with E-state index in [2.05, 4.69) is 18.8 Å². The number of benzene rings is 2. The number of carbonyl (C=O) groups excluding carboxylic acids is 1. The predicted octanol–water partition coefficient (Wildman–Crippen LogP) is 3.72. The number of amides is 1. The molecule has 182 valence electrons. The van der Waals surface area contributed by atoms with Gasteiger partial charge in [-0.3, -0.25) is 4.79 Å². The Morgan fingerprint density at radius 3 is 2.47 bits per heavy atom. The summed E-state index contributed by atoms with van der Waals surface area (Å²) < 4.78 is 14.3. The van der Waals surface area contributed by atoms with Crippen molar-refractivity contribution in [3.63, 3.8) is 0 Å². The number of nitrogens with two attached hydrogens (primary N) is 1. The Hall–Kier alpha value is -2.81. The van der Waals surface area contributed by atoms with E-state index in [9.17, 15) is 9.00 Å². The fraction of sp³-hybridized carbons (Fsp3) is 0.385. The molecule has 1 aliphatic rings. The van der Waals surface area contributed by atoms with Gasteiger partial charge < -0.3 is 15.7 Å². The second kappa shape index (κ2) is 12.1. The van der Waals surface area contributed by atoms with Crippen molar-refractivity contribution in [2.75, 3.05) is 33.3 Å². The average molecular weight is 483 g/mol. The van der Waals surface area contributed by atoms with Crippen LogP contribution in [0.3, 0.4) is 0 Å². The molecule has 1 unspecified atom stereocenters. The minimum atomic E-state index is -1.37. The second-order valence-corrected chi connectivity index (χ2v) is 9.96. The number of aliphatic hydroxyl groups is 1. The number of rotatable bonds is 10.